The maximum Gasteiger partial charge on any atom is 0.272 e. The predicted molar refractivity (Wildman–Crippen MR) is 79.0 cm³/mol. The van der Waals surface area contributed by atoms with Crippen LogP contribution in [0.1, 0.15) is 25.7 Å². The van der Waals surface area contributed by atoms with Crippen molar-refractivity contribution in [3.63, 3.8) is 0 Å². The number of H-pyrrole nitrogens is 2. The Morgan fingerprint density at radius 1 is 1.05 bits per heavy atom. The number of fused-ring (bicyclic) bond motifs is 1. The van der Waals surface area contributed by atoms with Crippen LogP contribution in [-0.2, 0) is 0 Å². The van der Waals surface area contributed by atoms with E-state index in [2.05, 4.69) is 15.5 Å². The number of nitrogens with two attached hydrogens (primary N) is 1. The summed E-state index contributed by atoms with van der Waals surface area (Å²) in [5, 5.41) is 8.93. The van der Waals surface area contributed by atoms with Crippen LogP contribution in [0.4, 0.5) is 5.69 Å². The number of rotatable bonds is 2. The van der Waals surface area contributed by atoms with Crippen molar-refractivity contribution < 1.29 is 0 Å². The van der Waals surface area contributed by atoms with Gasteiger partial charge in [-0.3, -0.25) is 19.8 Å². The van der Waals surface area contributed by atoms with Crippen LogP contribution in [0.25, 0.3) is 10.8 Å². The highest BCUT2D eigenvalue weighted by Gasteiger charge is 2.19. The van der Waals surface area contributed by atoms with Crippen LogP contribution in [0.5, 0.6) is 0 Å². The lowest BCUT2D eigenvalue weighted by atomic mass is 9.91. The van der Waals surface area contributed by atoms with Gasteiger partial charge in [-0.15, -0.1) is 0 Å². The summed E-state index contributed by atoms with van der Waals surface area (Å²) in [6.45, 7) is 0. The summed E-state index contributed by atoms with van der Waals surface area (Å²) in [6, 6.07) is 5.87. The zero-order valence-corrected chi connectivity index (χ0v) is 11.1. The smallest absolute Gasteiger partial charge is 0.272 e. The van der Waals surface area contributed by atoms with Gasteiger partial charge in [0.2, 0.25) is 0 Å². The average Bonchev–Trinajstić information content (AvgIpc) is 2.46. The summed E-state index contributed by atoms with van der Waals surface area (Å²) in [5.41, 5.74) is 6.05. The second-order valence-corrected chi connectivity index (χ2v) is 5.39. The second kappa shape index (κ2) is 5.13. The minimum absolute atomic E-state index is 0.282. The molecule has 20 heavy (non-hydrogen) atoms. The third-order valence-corrected chi connectivity index (χ3v) is 3.96. The molecule has 0 amide bonds. The molecule has 0 radical (unpaired) electrons. The molecule has 2 aromatic rings. The fourth-order valence-electron chi connectivity index (χ4n) is 2.83. The molecule has 0 aliphatic heterocycles. The van der Waals surface area contributed by atoms with Crippen molar-refractivity contribution in [3.8, 4) is 0 Å². The van der Waals surface area contributed by atoms with E-state index in [0.29, 0.717) is 16.8 Å². The highest BCUT2D eigenvalue weighted by molar-refractivity contribution is 5.92. The maximum absolute atomic E-state index is 12.0. The Morgan fingerprint density at radius 2 is 1.75 bits per heavy atom. The lowest BCUT2D eigenvalue weighted by molar-refractivity contribution is 0.411. The van der Waals surface area contributed by atoms with E-state index >= 15 is 0 Å². The van der Waals surface area contributed by atoms with Crippen LogP contribution in [0.2, 0.25) is 0 Å². The first-order valence-corrected chi connectivity index (χ1v) is 6.91. The van der Waals surface area contributed by atoms with Crippen molar-refractivity contribution >= 4 is 16.5 Å². The minimum Gasteiger partial charge on any atom is -0.382 e. The molecule has 6 nitrogen and oxygen atoms in total. The lowest BCUT2D eigenvalue weighted by Gasteiger charge is -2.27. The van der Waals surface area contributed by atoms with Gasteiger partial charge < -0.3 is 11.1 Å². The van der Waals surface area contributed by atoms with Crippen LogP contribution in [0.15, 0.2) is 27.8 Å². The van der Waals surface area contributed by atoms with E-state index in [4.69, 9.17) is 5.73 Å². The molecule has 6 heteroatoms. The molecule has 1 fully saturated rings. The second-order valence-electron chi connectivity index (χ2n) is 5.39. The van der Waals surface area contributed by atoms with Crippen molar-refractivity contribution in [2.75, 3.05) is 5.32 Å². The number of hydrogen-bond acceptors (Lipinski definition) is 4. The van der Waals surface area contributed by atoms with E-state index in [1.54, 1.807) is 12.1 Å². The summed E-state index contributed by atoms with van der Waals surface area (Å²) in [4.78, 5) is 23.7. The van der Waals surface area contributed by atoms with Crippen LogP contribution in [-0.4, -0.2) is 22.3 Å². The van der Waals surface area contributed by atoms with E-state index in [-0.39, 0.29) is 17.2 Å². The van der Waals surface area contributed by atoms with Gasteiger partial charge in [0, 0.05) is 17.8 Å². The molecule has 1 saturated carbocycles. The molecule has 1 aliphatic carbocycles. The third kappa shape index (κ3) is 2.34. The third-order valence-electron chi connectivity index (χ3n) is 3.96. The van der Waals surface area contributed by atoms with Gasteiger partial charge in [0.1, 0.15) is 0 Å². The summed E-state index contributed by atoms with van der Waals surface area (Å²) in [6.07, 6.45) is 3.94. The topological polar surface area (TPSA) is 104 Å². The van der Waals surface area contributed by atoms with E-state index in [1.807, 2.05) is 6.07 Å². The van der Waals surface area contributed by atoms with Crippen LogP contribution in [0, 0.1) is 0 Å². The quantitative estimate of drug-likeness (QED) is 0.653. The van der Waals surface area contributed by atoms with Gasteiger partial charge in [-0.1, -0.05) is 6.07 Å². The average molecular weight is 274 g/mol. The van der Waals surface area contributed by atoms with E-state index in [1.165, 1.54) is 0 Å². The number of aromatic nitrogens is 2. The van der Waals surface area contributed by atoms with Gasteiger partial charge in [-0.25, -0.2) is 0 Å². The SMILES string of the molecule is NC1CCC(Nc2cccc3c(=O)[nH][nH]c(=O)c23)CC1. The van der Waals surface area contributed by atoms with Gasteiger partial charge in [0.25, 0.3) is 11.1 Å². The lowest BCUT2D eigenvalue weighted by Crippen LogP contribution is -2.33. The first kappa shape index (κ1) is 12.9. The van der Waals surface area contributed by atoms with Crippen molar-refractivity contribution in [2.24, 2.45) is 5.73 Å². The van der Waals surface area contributed by atoms with E-state index in [9.17, 15) is 9.59 Å². The molecule has 1 heterocycles. The molecule has 0 atom stereocenters. The van der Waals surface area contributed by atoms with Gasteiger partial charge in [0.15, 0.2) is 0 Å². The number of nitrogens with one attached hydrogen (secondary N) is 3. The first-order chi connectivity index (χ1) is 9.65. The molecule has 1 aromatic carbocycles. The molecule has 106 valence electrons. The molecule has 0 bridgehead atoms. The molecule has 1 aliphatic rings. The van der Waals surface area contributed by atoms with Crippen LogP contribution in [0.3, 0.4) is 0 Å². The minimum atomic E-state index is -0.283. The number of hydrogen-bond donors (Lipinski definition) is 4. The van der Waals surface area contributed by atoms with Crippen LogP contribution < -0.4 is 22.2 Å². The zero-order valence-electron chi connectivity index (χ0n) is 11.1. The van der Waals surface area contributed by atoms with Crippen LogP contribution >= 0.6 is 0 Å². The Hall–Kier alpha value is -2.08. The largest absolute Gasteiger partial charge is 0.382 e. The molecule has 1 aromatic heterocycles. The van der Waals surface area contributed by atoms with Crippen molar-refractivity contribution in [3.05, 3.63) is 38.9 Å². The first-order valence-electron chi connectivity index (χ1n) is 6.91. The summed E-state index contributed by atoms with van der Waals surface area (Å²) in [5.74, 6) is 0. The zero-order chi connectivity index (χ0) is 14.1. The normalized spacial score (nSPS) is 22.9. The number of benzene rings is 1. The van der Waals surface area contributed by atoms with Gasteiger partial charge in [-0.05, 0) is 37.8 Å². The summed E-state index contributed by atoms with van der Waals surface area (Å²) in [7, 11) is 0. The Kier molecular flexibility index (Phi) is 3.31. The highest BCUT2D eigenvalue weighted by Crippen LogP contribution is 2.24. The number of aromatic amines is 2. The Bertz CT molecular complexity index is 726. The van der Waals surface area contributed by atoms with E-state index < -0.39 is 0 Å². The van der Waals surface area contributed by atoms with E-state index in [0.717, 1.165) is 31.4 Å². The summed E-state index contributed by atoms with van der Waals surface area (Å²) < 4.78 is 0. The fraction of sp³-hybridized carbons (Fsp3) is 0.429. The Morgan fingerprint density at radius 3 is 2.50 bits per heavy atom. The molecule has 0 unspecified atom stereocenters. The molecule has 5 N–H and O–H groups in total. The molecule has 3 rings (SSSR count). The Balaban J connectivity index is 1.98. The van der Waals surface area contributed by atoms with Crippen molar-refractivity contribution in [1.29, 1.82) is 0 Å². The maximum atomic E-state index is 12.0. The molecular weight excluding hydrogens is 256 g/mol. The Labute approximate surface area is 115 Å². The van der Waals surface area contributed by atoms with Gasteiger partial charge >= 0.3 is 0 Å². The van der Waals surface area contributed by atoms with Crippen molar-refractivity contribution in [1.82, 2.24) is 10.2 Å². The molecular formula is C14H18N4O2. The predicted octanol–water partition coefficient (Wildman–Crippen LogP) is 0.898. The summed E-state index contributed by atoms with van der Waals surface area (Å²) >= 11 is 0. The molecule has 0 spiro atoms. The standard InChI is InChI=1S/C14H18N4O2/c15-8-4-6-9(7-5-8)16-11-3-1-2-10-12(11)14(20)18-17-13(10)19/h1-3,8-9,16H,4-7,15H2,(H,17,19)(H,18,20). The highest BCUT2D eigenvalue weighted by atomic mass is 16.1. The van der Waals surface area contributed by atoms with Gasteiger partial charge in [0.05, 0.1) is 10.8 Å². The van der Waals surface area contributed by atoms with Gasteiger partial charge in [-0.2, -0.15) is 0 Å². The van der Waals surface area contributed by atoms with Crippen molar-refractivity contribution in [2.45, 2.75) is 37.8 Å². The monoisotopic (exact) mass is 274 g/mol. The number of anilines is 1. The molecule has 0 saturated heterocycles. The fourth-order valence-corrected chi connectivity index (χ4v) is 2.83.